The summed E-state index contributed by atoms with van der Waals surface area (Å²) in [6.07, 6.45) is -0.312. The van der Waals surface area contributed by atoms with Gasteiger partial charge in [0.05, 0.1) is 27.4 Å². The second-order valence-electron chi connectivity index (χ2n) is 8.65. The molecule has 0 saturated heterocycles. The minimum atomic E-state index is -4.97. The third kappa shape index (κ3) is 5.38. The van der Waals surface area contributed by atoms with Gasteiger partial charge in [0.1, 0.15) is 10.7 Å². The first-order valence-corrected chi connectivity index (χ1v) is 14.8. The SMILES string of the molecule is Nc1c(S(=O)(=O)O)cc(Nc2ccc(S(=O)(=O)O)c(Cc3nc(Cl)nc(Cl)n3)c2)c2c1C(=O)c1ccccc1C2=O. The van der Waals surface area contributed by atoms with Crippen molar-refractivity contribution in [1.29, 1.82) is 0 Å². The number of aromatic nitrogens is 3. The summed E-state index contributed by atoms with van der Waals surface area (Å²) in [6, 6.07) is 10.2. The van der Waals surface area contributed by atoms with Crippen LogP contribution in [0.15, 0.2) is 58.3 Å². The van der Waals surface area contributed by atoms with Gasteiger partial charge in [0.2, 0.25) is 10.6 Å². The van der Waals surface area contributed by atoms with Crippen LogP contribution in [-0.2, 0) is 26.7 Å². The molecule has 41 heavy (non-hydrogen) atoms. The van der Waals surface area contributed by atoms with Crippen LogP contribution in [0.1, 0.15) is 43.2 Å². The molecule has 0 unspecified atom stereocenters. The van der Waals surface area contributed by atoms with E-state index in [2.05, 4.69) is 20.3 Å². The Labute approximate surface area is 241 Å². The molecule has 17 heteroatoms. The molecule has 0 bridgehead atoms. The predicted molar refractivity (Wildman–Crippen MR) is 146 cm³/mol. The Balaban J connectivity index is 1.69. The number of fused-ring (bicyclic) bond motifs is 2. The molecule has 0 spiro atoms. The van der Waals surface area contributed by atoms with Crippen LogP contribution in [0.3, 0.4) is 0 Å². The number of benzene rings is 3. The van der Waals surface area contributed by atoms with Crippen LogP contribution >= 0.6 is 23.2 Å². The van der Waals surface area contributed by atoms with Gasteiger partial charge in [-0.05, 0) is 53.0 Å². The van der Waals surface area contributed by atoms with Crippen molar-refractivity contribution in [3.63, 3.8) is 0 Å². The first-order chi connectivity index (χ1) is 19.1. The van der Waals surface area contributed by atoms with Crippen LogP contribution in [0, 0.1) is 0 Å². The average Bonchev–Trinajstić information content (AvgIpc) is 2.86. The number of carbonyl (C=O) groups excluding carboxylic acids is 2. The lowest BCUT2D eigenvalue weighted by atomic mass is 9.82. The fourth-order valence-electron chi connectivity index (χ4n) is 4.42. The Hall–Kier alpha value is -3.99. The summed E-state index contributed by atoms with van der Waals surface area (Å²) < 4.78 is 68.0. The highest BCUT2D eigenvalue weighted by molar-refractivity contribution is 7.86. The van der Waals surface area contributed by atoms with Crippen LogP contribution < -0.4 is 11.1 Å². The number of nitrogens with two attached hydrogens (primary N) is 1. The van der Waals surface area contributed by atoms with E-state index in [1.54, 1.807) is 0 Å². The summed E-state index contributed by atoms with van der Waals surface area (Å²) in [5, 5.41) is 2.26. The van der Waals surface area contributed by atoms with Crippen molar-refractivity contribution in [1.82, 2.24) is 15.0 Å². The molecule has 0 fully saturated rings. The number of hydrogen-bond acceptors (Lipinski definition) is 11. The van der Waals surface area contributed by atoms with Gasteiger partial charge in [-0.3, -0.25) is 18.7 Å². The highest BCUT2D eigenvalue weighted by Gasteiger charge is 2.36. The Morgan fingerprint density at radius 3 is 1.90 bits per heavy atom. The number of nitrogen functional groups attached to an aromatic ring is 1. The van der Waals surface area contributed by atoms with Gasteiger partial charge in [-0.15, -0.1) is 0 Å². The fourth-order valence-corrected chi connectivity index (χ4v) is 6.17. The molecule has 1 aliphatic rings. The molecule has 210 valence electrons. The number of hydrogen-bond donors (Lipinski definition) is 4. The second-order valence-corrected chi connectivity index (χ2v) is 12.1. The van der Waals surface area contributed by atoms with Crippen LogP contribution in [0.5, 0.6) is 0 Å². The third-order valence-corrected chi connectivity index (χ3v) is 8.26. The quantitative estimate of drug-likeness (QED) is 0.155. The van der Waals surface area contributed by atoms with Gasteiger partial charge in [0.25, 0.3) is 20.2 Å². The first-order valence-electron chi connectivity index (χ1n) is 11.2. The van der Waals surface area contributed by atoms with E-state index in [1.807, 2.05) is 0 Å². The lowest BCUT2D eigenvalue weighted by Gasteiger charge is -2.24. The zero-order valence-corrected chi connectivity index (χ0v) is 23.3. The highest BCUT2D eigenvalue weighted by atomic mass is 35.5. The number of carbonyl (C=O) groups is 2. The number of ketones is 2. The van der Waals surface area contributed by atoms with Crippen LogP contribution in [-0.4, -0.2) is 52.5 Å². The van der Waals surface area contributed by atoms with Gasteiger partial charge >= 0.3 is 0 Å². The average molecular weight is 636 g/mol. The van der Waals surface area contributed by atoms with Gasteiger partial charge in [-0.25, -0.2) is 9.97 Å². The normalized spacial score (nSPS) is 13.1. The molecule has 0 radical (unpaired) electrons. The minimum absolute atomic E-state index is 0.00963. The fraction of sp³-hybridized carbons (Fsp3) is 0.0417. The van der Waals surface area contributed by atoms with Crippen molar-refractivity contribution in [2.24, 2.45) is 0 Å². The lowest BCUT2D eigenvalue weighted by molar-refractivity contribution is 0.0980. The van der Waals surface area contributed by atoms with Crippen LogP contribution in [0.25, 0.3) is 0 Å². The molecule has 0 atom stereocenters. The van der Waals surface area contributed by atoms with E-state index in [-0.39, 0.29) is 56.4 Å². The zero-order valence-electron chi connectivity index (χ0n) is 20.2. The molecule has 1 aliphatic carbocycles. The molecule has 5 N–H and O–H groups in total. The van der Waals surface area contributed by atoms with Gasteiger partial charge in [0, 0.05) is 23.2 Å². The molecule has 3 aromatic carbocycles. The number of nitrogens with one attached hydrogen (secondary N) is 1. The van der Waals surface area contributed by atoms with Crippen molar-refractivity contribution in [3.8, 4) is 0 Å². The van der Waals surface area contributed by atoms with Crippen LogP contribution in [0.4, 0.5) is 17.1 Å². The van der Waals surface area contributed by atoms with E-state index in [0.717, 1.165) is 12.1 Å². The summed E-state index contributed by atoms with van der Waals surface area (Å²) in [4.78, 5) is 36.9. The van der Waals surface area contributed by atoms with Gasteiger partial charge in [-0.1, -0.05) is 24.3 Å². The summed E-state index contributed by atoms with van der Waals surface area (Å²) in [7, 11) is -9.72. The summed E-state index contributed by atoms with van der Waals surface area (Å²) >= 11 is 11.6. The van der Waals surface area contributed by atoms with E-state index in [1.165, 1.54) is 36.4 Å². The molecular formula is C24H15Cl2N5O8S2. The third-order valence-electron chi connectivity index (χ3n) is 6.07. The Morgan fingerprint density at radius 1 is 0.780 bits per heavy atom. The molecule has 0 saturated carbocycles. The summed E-state index contributed by atoms with van der Waals surface area (Å²) in [5.41, 5.74) is 4.49. The van der Waals surface area contributed by atoms with E-state index in [0.29, 0.717) is 0 Å². The molecule has 13 nitrogen and oxygen atoms in total. The molecule has 4 aromatic rings. The maximum absolute atomic E-state index is 13.5. The summed E-state index contributed by atoms with van der Waals surface area (Å²) in [6.45, 7) is 0. The lowest BCUT2D eigenvalue weighted by Crippen LogP contribution is -2.25. The van der Waals surface area contributed by atoms with Crippen molar-refractivity contribution < 1.29 is 35.5 Å². The summed E-state index contributed by atoms with van der Waals surface area (Å²) in [5.74, 6) is -1.45. The maximum atomic E-state index is 13.5. The smallest absolute Gasteiger partial charge is 0.296 e. The highest BCUT2D eigenvalue weighted by Crippen LogP contribution is 2.40. The molecule has 5 rings (SSSR count). The maximum Gasteiger partial charge on any atom is 0.296 e. The standard InChI is InChI=1S/C24H15Cl2N5O8S2/c25-23-29-17(30-24(26)31-23)8-10-7-11(5-6-15(10)40(34,35)36)28-14-9-16(41(37,38)39)20(27)19-18(14)21(32)12-3-1-2-4-13(12)22(19)33/h1-7,9,28H,8,27H2,(H,34,35,36)(H,37,38,39). The molecule has 0 aliphatic heterocycles. The molecular weight excluding hydrogens is 621 g/mol. The number of anilines is 3. The number of halogens is 2. The Morgan fingerprint density at radius 2 is 1.34 bits per heavy atom. The van der Waals surface area contributed by atoms with E-state index in [4.69, 9.17) is 28.9 Å². The Kier molecular flexibility index (Phi) is 7.05. The van der Waals surface area contributed by atoms with Crippen LogP contribution in [0.2, 0.25) is 10.6 Å². The topological polar surface area (TPSA) is 220 Å². The minimum Gasteiger partial charge on any atom is -0.397 e. The second kappa shape index (κ2) is 10.1. The van der Waals surface area contributed by atoms with E-state index in [9.17, 15) is 35.5 Å². The van der Waals surface area contributed by atoms with Gasteiger partial charge < -0.3 is 11.1 Å². The number of rotatable bonds is 6. The molecule has 1 aromatic heterocycles. The van der Waals surface area contributed by atoms with E-state index < -0.39 is 52.8 Å². The molecule has 1 heterocycles. The van der Waals surface area contributed by atoms with Crippen molar-refractivity contribution >= 4 is 72.1 Å². The van der Waals surface area contributed by atoms with Crippen molar-refractivity contribution in [2.75, 3.05) is 11.1 Å². The largest absolute Gasteiger partial charge is 0.397 e. The van der Waals surface area contributed by atoms with E-state index >= 15 is 0 Å². The van der Waals surface area contributed by atoms with Crippen molar-refractivity contribution in [2.45, 2.75) is 16.2 Å². The monoisotopic (exact) mass is 635 g/mol. The van der Waals surface area contributed by atoms with Gasteiger partial charge in [0.15, 0.2) is 11.6 Å². The Bertz CT molecular complexity index is 2020. The predicted octanol–water partition coefficient (Wildman–Crippen LogP) is 3.36. The number of nitrogens with zero attached hydrogens (tertiary/aromatic N) is 3. The first kappa shape index (κ1) is 28.5. The zero-order chi connectivity index (χ0) is 29.9. The molecule has 0 amide bonds. The van der Waals surface area contributed by atoms with Gasteiger partial charge in [-0.2, -0.15) is 21.8 Å². The van der Waals surface area contributed by atoms with Crippen molar-refractivity contribution in [3.05, 3.63) is 92.7 Å².